The van der Waals surface area contributed by atoms with E-state index in [0.29, 0.717) is 17.4 Å². The van der Waals surface area contributed by atoms with E-state index in [0.717, 1.165) is 13.1 Å². The highest BCUT2D eigenvalue weighted by atomic mass is 32.2. The summed E-state index contributed by atoms with van der Waals surface area (Å²) in [4.78, 5) is 14.5. The molecule has 1 aliphatic carbocycles. The zero-order valence-corrected chi connectivity index (χ0v) is 13.4. The van der Waals surface area contributed by atoms with E-state index >= 15 is 0 Å². The number of amides is 1. The lowest BCUT2D eigenvalue weighted by Gasteiger charge is -2.34. The molecule has 0 N–H and O–H groups in total. The first-order valence-corrected chi connectivity index (χ1v) is 9.22. The molecule has 2 heterocycles. The Morgan fingerprint density at radius 3 is 2.52 bits per heavy atom. The van der Waals surface area contributed by atoms with Gasteiger partial charge in [0.1, 0.15) is 0 Å². The molecule has 0 aromatic heterocycles. The van der Waals surface area contributed by atoms with Crippen LogP contribution in [0.4, 0.5) is 0 Å². The molecule has 2 atom stereocenters. The van der Waals surface area contributed by atoms with Gasteiger partial charge >= 0.3 is 0 Å². The predicted octanol–water partition coefficient (Wildman–Crippen LogP) is 0.923. The third kappa shape index (κ3) is 2.42. The van der Waals surface area contributed by atoms with Crippen molar-refractivity contribution in [3.8, 4) is 6.07 Å². The maximum Gasteiger partial charge on any atom is 0.253 e. The smallest absolute Gasteiger partial charge is 0.253 e. The fourth-order valence-electron chi connectivity index (χ4n) is 3.40. The van der Waals surface area contributed by atoms with Gasteiger partial charge in [-0.2, -0.15) is 9.57 Å². The number of fused-ring (bicyclic) bond motifs is 1. The van der Waals surface area contributed by atoms with Gasteiger partial charge in [0.25, 0.3) is 5.91 Å². The zero-order chi connectivity index (χ0) is 16.2. The van der Waals surface area contributed by atoms with Crippen LogP contribution in [0, 0.1) is 29.1 Å². The Morgan fingerprint density at radius 1 is 1.17 bits per heavy atom. The number of hydrogen-bond acceptors (Lipinski definition) is 4. The second-order valence-electron chi connectivity index (χ2n) is 6.64. The molecule has 2 aliphatic heterocycles. The Labute approximate surface area is 135 Å². The van der Waals surface area contributed by atoms with Crippen LogP contribution in [0.25, 0.3) is 0 Å². The monoisotopic (exact) mass is 331 g/mol. The SMILES string of the molecule is N#CC1CN(S(=O)(=O)c2cccc(C(=O)N3CC4CC4C3)c2)C1. The minimum absolute atomic E-state index is 0.0900. The van der Waals surface area contributed by atoms with Crippen molar-refractivity contribution in [1.29, 1.82) is 5.26 Å². The minimum atomic E-state index is -3.62. The van der Waals surface area contributed by atoms with Gasteiger partial charge in [-0.25, -0.2) is 8.42 Å². The van der Waals surface area contributed by atoms with E-state index in [2.05, 4.69) is 6.07 Å². The lowest BCUT2D eigenvalue weighted by atomic mass is 10.1. The minimum Gasteiger partial charge on any atom is -0.338 e. The van der Waals surface area contributed by atoms with Gasteiger partial charge in [0.05, 0.1) is 16.9 Å². The Morgan fingerprint density at radius 2 is 1.87 bits per heavy atom. The van der Waals surface area contributed by atoms with Crippen LogP contribution in [0.5, 0.6) is 0 Å². The molecule has 1 saturated carbocycles. The molecule has 4 rings (SSSR count). The van der Waals surface area contributed by atoms with Crippen molar-refractivity contribution in [3.05, 3.63) is 29.8 Å². The molecule has 1 aromatic carbocycles. The lowest BCUT2D eigenvalue weighted by Crippen LogP contribution is -2.49. The second kappa shape index (κ2) is 5.05. The number of benzene rings is 1. The second-order valence-corrected chi connectivity index (χ2v) is 8.58. The quantitative estimate of drug-likeness (QED) is 0.825. The van der Waals surface area contributed by atoms with Crippen LogP contribution < -0.4 is 0 Å². The molecule has 1 aromatic rings. The number of piperidine rings is 1. The predicted molar refractivity (Wildman–Crippen MR) is 81.8 cm³/mol. The summed E-state index contributed by atoms with van der Waals surface area (Å²) in [6.45, 7) is 2.03. The van der Waals surface area contributed by atoms with Crippen molar-refractivity contribution in [3.63, 3.8) is 0 Å². The molecule has 1 amide bonds. The fraction of sp³-hybridized carbons (Fsp3) is 0.500. The highest BCUT2D eigenvalue weighted by Crippen LogP contribution is 2.45. The van der Waals surface area contributed by atoms with E-state index in [1.54, 1.807) is 12.1 Å². The summed E-state index contributed by atoms with van der Waals surface area (Å²) in [6, 6.07) is 8.31. The molecule has 3 fully saturated rings. The summed E-state index contributed by atoms with van der Waals surface area (Å²) >= 11 is 0. The van der Waals surface area contributed by atoms with Crippen molar-refractivity contribution in [1.82, 2.24) is 9.21 Å². The third-order valence-corrected chi connectivity index (χ3v) is 6.84. The van der Waals surface area contributed by atoms with Crippen molar-refractivity contribution >= 4 is 15.9 Å². The van der Waals surface area contributed by atoms with E-state index in [1.165, 1.54) is 22.9 Å². The van der Waals surface area contributed by atoms with Crippen molar-refractivity contribution in [2.75, 3.05) is 26.2 Å². The number of carbonyl (C=O) groups excluding carboxylic acids is 1. The summed E-state index contributed by atoms with van der Waals surface area (Å²) in [6.07, 6.45) is 1.22. The number of nitriles is 1. The van der Waals surface area contributed by atoms with Crippen LogP contribution in [-0.4, -0.2) is 49.7 Å². The molecule has 7 heteroatoms. The number of rotatable bonds is 3. The molecule has 0 bridgehead atoms. The van der Waals surface area contributed by atoms with Crippen LogP contribution in [-0.2, 0) is 10.0 Å². The molecular weight excluding hydrogens is 314 g/mol. The molecular formula is C16H17N3O3S. The molecule has 23 heavy (non-hydrogen) atoms. The van der Waals surface area contributed by atoms with Gasteiger partial charge in [0.15, 0.2) is 0 Å². The number of nitrogens with zero attached hydrogens (tertiary/aromatic N) is 3. The Hall–Kier alpha value is -1.91. The summed E-state index contributed by atoms with van der Waals surface area (Å²) < 4.78 is 26.3. The van der Waals surface area contributed by atoms with E-state index in [9.17, 15) is 13.2 Å². The first-order chi connectivity index (χ1) is 11.0. The first kappa shape index (κ1) is 14.7. The summed E-state index contributed by atoms with van der Waals surface area (Å²) in [5.74, 6) is 0.975. The van der Waals surface area contributed by atoms with Gasteiger partial charge < -0.3 is 4.90 Å². The van der Waals surface area contributed by atoms with Gasteiger partial charge in [-0.3, -0.25) is 4.79 Å². The summed E-state index contributed by atoms with van der Waals surface area (Å²) in [7, 11) is -3.62. The summed E-state index contributed by atoms with van der Waals surface area (Å²) in [5, 5.41) is 8.78. The highest BCUT2D eigenvalue weighted by molar-refractivity contribution is 7.89. The van der Waals surface area contributed by atoms with Crippen molar-refractivity contribution in [2.24, 2.45) is 17.8 Å². The number of carbonyl (C=O) groups is 1. The van der Waals surface area contributed by atoms with Gasteiger partial charge in [-0.05, 0) is 36.5 Å². The molecule has 3 aliphatic rings. The molecule has 0 radical (unpaired) electrons. The van der Waals surface area contributed by atoms with Gasteiger partial charge in [-0.15, -0.1) is 0 Å². The van der Waals surface area contributed by atoms with Gasteiger partial charge in [0, 0.05) is 31.7 Å². The third-order valence-electron chi connectivity index (χ3n) is 5.02. The Bertz CT molecular complexity index is 798. The van der Waals surface area contributed by atoms with Crippen LogP contribution in [0.1, 0.15) is 16.8 Å². The average Bonchev–Trinajstić information content (AvgIpc) is 3.11. The van der Waals surface area contributed by atoms with Crippen LogP contribution >= 0.6 is 0 Å². The lowest BCUT2D eigenvalue weighted by molar-refractivity contribution is 0.0775. The fourth-order valence-corrected chi connectivity index (χ4v) is 4.98. The van der Waals surface area contributed by atoms with E-state index in [-0.39, 0.29) is 29.8 Å². The largest absolute Gasteiger partial charge is 0.338 e. The van der Waals surface area contributed by atoms with Crippen LogP contribution in [0.2, 0.25) is 0 Å². The molecule has 6 nitrogen and oxygen atoms in total. The standard InChI is InChI=1S/C16H17N3O3S/c17-6-11-7-19(8-11)23(21,22)15-3-1-2-12(5-15)16(20)18-9-13-4-14(13)10-18/h1-3,5,11,13-14H,4,7-10H2. The maximum absolute atomic E-state index is 12.5. The molecule has 120 valence electrons. The maximum atomic E-state index is 12.5. The average molecular weight is 331 g/mol. The van der Waals surface area contributed by atoms with Crippen LogP contribution in [0.15, 0.2) is 29.2 Å². The Balaban J connectivity index is 1.54. The first-order valence-electron chi connectivity index (χ1n) is 7.78. The number of likely N-dealkylation sites (tertiary alicyclic amines) is 1. The van der Waals surface area contributed by atoms with Crippen molar-refractivity contribution in [2.45, 2.75) is 11.3 Å². The molecule has 2 unspecified atom stereocenters. The van der Waals surface area contributed by atoms with Crippen molar-refractivity contribution < 1.29 is 13.2 Å². The van der Waals surface area contributed by atoms with E-state index in [1.807, 2.05) is 4.90 Å². The number of hydrogen-bond donors (Lipinski definition) is 0. The summed E-state index contributed by atoms with van der Waals surface area (Å²) in [5.41, 5.74) is 0.421. The molecule has 2 saturated heterocycles. The number of sulfonamides is 1. The normalized spacial score (nSPS) is 27.2. The van der Waals surface area contributed by atoms with Gasteiger partial charge in [-0.1, -0.05) is 6.07 Å². The highest BCUT2D eigenvalue weighted by Gasteiger charge is 2.46. The van der Waals surface area contributed by atoms with E-state index < -0.39 is 10.0 Å². The van der Waals surface area contributed by atoms with Gasteiger partial charge in [0.2, 0.25) is 10.0 Å². The topological polar surface area (TPSA) is 81.5 Å². The van der Waals surface area contributed by atoms with Crippen LogP contribution in [0.3, 0.4) is 0 Å². The Kier molecular flexibility index (Phi) is 3.22. The zero-order valence-electron chi connectivity index (χ0n) is 12.6. The molecule has 0 spiro atoms. The van der Waals surface area contributed by atoms with E-state index in [4.69, 9.17) is 5.26 Å².